The Hall–Kier alpha value is -10.0. The maximum absolute atomic E-state index is 15.3. The second-order valence-corrected chi connectivity index (χ2v) is 20.2. The van der Waals surface area contributed by atoms with Crippen LogP contribution in [0.2, 0.25) is 0 Å². The Balaban J connectivity index is 1.14. The average molecular weight is 1080 g/mol. The second kappa shape index (κ2) is 21.9. The number of morpholine rings is 1. The van der Waals surface area contributed by atoms with Crippen molar-refractivity contribution < 1.29 is 27.5 Å². The predicted molar refractivity (Wildman–Crippen MR) is 301 cm³/mol. The van der Waals surface area contributed by atoms with Crippen LogP contribution in [0.5, 0.6) is 0 Å². The first-order valence-corrected chi connectivity index (χ1v) is 26.6. The molecule has 4 aromatic heterocycles. The van der Waals surface area contributed by atoms with Crippen LogP contribution in [0, 0.1) is 0 Å². The fraction of sp³-hybridized carbons (Fsp3) is 0.161. The number of hydrogen-bond acceptors (Lipinski definition) is 15. The molecule has 4 aromatic carbocycles. The summed E-state index contributed by atoms with van der Waals surface area (Å²) in [5.41, 5.74) is 5.05. The van der Waals surface area contributed by atoms with E-state index in [-0.39, 0.29) is 72.9 Å². The summed E-state index contributed by atoms with van der Waals surface area (Å²) in [4.78, 5) is 78.8. The molecule has 0 saturated carbocycles. The monoisotopic (exact) mass is 1080 g/mol. The van der Waals surface area contributed by atoms with Gasteiger partial charge in [0.25, 0.3) is 10.0 Å². The number of nitrogens with one attached hydrogen (secondary N) is 3. The number of rotatable bonds is 17. The quantitative estimate of drug-likeness (QED) is 0.0722. The van der Waals surface area contributed by atoms with Crippen molar-refractivity contribution in [2.45, 2.75) is 26.2 Å². The molecular weight excluding hydrogens is 1020 g/mol. The Labute approximate surface area is 455 Å². The molecule has 79 heavy (non-hydrogen) atoms. The molecule has 8 aromatic rings. The molecule has 0 spiro atoms. The van der Waals surface area contributed by atoms with E-state index in [1.54, 1.807) is 93.7 Å². The minimum absolute atomic E-state index is 0.0339. The molecule has 1 saturated heterocycles. The Morgan fingerprint density at radius 1 is 0.722 bits per heavy atom. The summed E-state index contributed by atoms with van der Waals surface area (Å²) in [6.07, 6.45) is 7.87. The van der Waals surface area contributed by atoms with Gasteiger partial charge >= 0.3 is 12.1 Å². The Kier molecular flexibility index (Phi) is 14.2. The normalized spacial score (nSPS) is 14.3. The number of pyridine rings is 1. The van der Waals surface area contributed by atoms with Crippen molar-refractivity contribution in [1.29, 1.82) is 0 Å². The van der Waals surface area contributed by atoms with Gasteiger partial charge in [0.15, 0.2) is 17.5 Å². The van der Waals surface area contributed by atoms with E-state index in [4.69, 9.17) is 29.7 Å². The largest absolute Gasteiger partial charge is 0.378 e. The van der Waals surface area contributed by atoms with Gasteiger partial charge in [-0.15, -0.1) is 0 Å². The molecule has 3 aliphatic heterocycles. The van der Waals surface area contributed by atoms with Crippen LogP contribution in [0.3, 0.4) is 0 Å². The third-order valence-electron chi connectivity index (χ3n) is 13.1. The summed E-state index contributed by atoms with van der Waals surface area (Å²) in [6.45, 7) is 9.94. The lowest BCUT2D eigenvalue weighted by Gasteiger charge is -2.39. The van der Waals surface area contributed by atoms with Crippen molar-refractivity contribution in [3.63, 3.8) is 0 Å². The van der Waals surface area contributed by atoms with Gasteiger partial charge in [-0.1, -0.05) is 86.0 Å². The van der Waals surface area contributed by atoms with E-state index in [0.717, 1.165) is 22.6 Å². The number of benzene rings is 4. The summed E-state index contributed by atoms with van der Waals surface area (Å²) < 4.78 is 35.4. The van der Waals surface area contributed by atoms with Crippen molar-refractivity contribution in [2.75, 3.05) is 61.3 Å². The van der Waals surface area contributed by atoms with Crippen LogP contribution in [0.15, 0.2) is 171 Å². The van der Waals surface area contributed by atoms with E-state index in [1.165, 1.54) is 15.9 Å². The predicted octanol–water partition coefficient (Wildman–Crippen LogP) is 9.00. The summed E-state index contributed by atoms with van der Waals surface area (Å²) in [6, 6.07) is 35.4. The van der Waals surface area contributed by atoms with Crippen molar-refractivity contribution >= 4 is 97.3 Å². The topological polar surface area (TPSA) is 232 Å². The molecule has 0 unspecified atom stereocenters. The molecule has 11 rings (SSSR count). The van der Waals surface area contributed by atoms with Crippen LogP contribution in [0.1, 0.15) is 22.3 Å². The number of anilines is 12. The number of carbonyl (C=O) groups excluding carboxylic acids is 3. The zero-order valence-electron chi connectivity index (χ0n) is 42.8. The van der Waals surface area contributed by atoms with Crippen molar-refractivity contribution in [3.8, 4) is 0 Å². The van der Waals surface area contributed by atoms with Crippen molar-refractivity contribution in [3.05, 3.63) is 193 Å². The molecule has 398 valence electrons. The van der Waals surface area contributed by atoms with Crippen LogP contribution < -0.4 is 35.0 Å². The van der Waals surface area contributed by atoms with Gasteiger partial charge in [0.05, 0.1) is 72.7 Å². The molecule has 0 atom stereocenters. The Morgan fingerprint density at radius 2 is 1.38 bits per heavy atom. The van der Waals surface area contributed by atoms with Crippen molar-refractivity contribution in [1.82, 2.24) is 44.5 Å². The second-order valence-electron chi connectivity index (χ2n) is 18.6. The highest BCUT2D eigenvalue weighted by molar-refractivity contribution is 7.95. The third kappa shape index (κ3) is 11.0. The highest BCUT2D eigenvalue weighted by Gasteiger charge is 2.40. The van der Waals surface area contributed by atoms with Gasteiger partial charge in [0.1, 0.15) is 5.82 Å². The number of urea groups is 2. The average Bonchev–Trinajstić information content (AvgIpc) is 4.05. The molecule has 7 heterocycles. The maximum atomic E-state index is 15.3. The number of ether oxygens (including phenoxy) is 1. The molecule has 0 bridgehead atoms. The number of sulfonamides is 1. The number of carbonyl (C=O) groups is 3. The van der Waals surface area contributed by atoms with Crippen LogP contribution in [0.25, 0.3) is 0 Å². The van der Waals surface area contributed by atoms with Gasteiger partial charge in [-0.25, -0.2) is 37.8 Å². The van der Waals surface area contributed by atoms with Crippen LogP contribution in [0.4, 0.5) is 78.9 Å². The van der Waals surface area contributed by atoms with E-state index in [0.29, 0.717) is 66.0 Å². The first kappa shape index (κ1) is 51.1. The summed E-state index contributed by atoms with van der Waals surface area (Å²) in [7, 11) is -2.19. The van der Waals surface area contributed by atoms with Gasteiger partial charge in [0, 0.05) is 62.3 Å². The van der Waals surface area contributed by atoms with E-state index in [9.17, 15) is 13.2 Å². The van der Waals surface area contributed by atoms with Gasteiger partial charge < -0.3 is 30.1 Å². The van der Waals surface area contributed by atoms with E-state index < -0.39 is 22.0 Å². The number of amides is 5. The zero-order valence-corrected chi connectivity index (χ0v) is 43.6. The lowest BCUT2D eigenvalue weighted by molar-refractivity contribution is -0.111. The van der Waals surface area contributed by atoms with Crippen LogP contribution in [-0.4, -0.2) is 97.2 Å². The number of fused-ring (bicyclic) bond motifs is 2. The molecule has 1 fully saturated rings. The lowest BCUT2D eigenvalue weighted by Crippen LogP contribution is -2.45. The molecule has 0 aliphatic carbocycles. The summed E-state index contributed by atoms with van der Waals surface area (Å²) in [5.74, 6) is 1.03. The number of aromatic nitrogens is 7. The van der Waals surface area contributed by atoms with Crippen molar-refractivity contribution in [2.24, 2.45) is 7.05 Å². The molecule has 3 aliphatic rings. The smallest absolute Gasteiger partial charge is 0.330 e. The first-order valence-electron chi connectivity index (χ1n) is 25.1. The minimum atomic E-state index is -3.96. The number of hydrogen-bond donors (Lipinski definition) is 3. The summed E-state index contributed by atoms with van der Waals surface area (Å²) in [5, 5.41) is 11.3. The van der Waals surface area contributed by atoms with E-state index >= 15 is 9.59 Å². The Morgan fingerprint density at radius 3 is 2.01 bits per heavy atom. The van der Waals surface area contributed by atoms with Crippen LogP contribution in [-0.2, 0) is 52.8 Å². The Bertz CT molecular complexity index is 3730. The van der Waals surface area contributed by atoms with Gasteiger partial charge in [0.2, 0.25) is 17.8 Å². The number of aryl methyl sites for hydroxylation is 1. The molecule has 0 radical (unpaired) electrons. The van der Waals surface area contributed by atoms with Crippen LogP contribution >= 0.6 is 0 Å². The third-order valence-corrected chi connectivity index (χ3v) is 14.1. The van der Waals surface area contributed by atoms with E-state index in [1.807, 2.05) is 72.8 Å². The maximum Gasteiger partial charge on any atom is 0.330 e. The van der Waals surface area contributed by atoms with Gasteiger partial charge in [-0.3, -0.25) is 19.1 Å². The lowest BCUT2D eigenvalue weighted by atomic mass is 10.1. The molecule has 22 nitrogen and oxygen atoms in total. The first-order chi connectivity index (χ1) is 38.4. The molecular formula is C56H52N16O6S. The molecule has 23 heteroatoms. The number of nitrogens with zero attached hydrogens (tertiary/aromatic N) is 13. The molecule has 3 N–H and O–H groups in total. The minimum Gasteiger partial charge on any atom is -0.378 e. The van der Waals surface area contributed by atoms with E-state index in [2.05, 4.69) is 38.5 Å². The SMILES string of the molecule is C=CC(=O)Nc1cccc(N2C(=O)N(Cc3ccccc3)Cc3cnc(N(c4ccc(N5CCOCC5)nc4)c4nc(Nc5cnn(C)c5)nc5c4CN(Cc4ccccc4)C(=O)N5c4cccc(NS(=O)(=O)C=C)c4)nc32)c1. The summed E-state index contributed by atoms with van der Waals surface area (Å²) >= 11 is 0. The highest BCUT2D eigenvalue weighted by Crippen LogP contribution is 2.45. The highest BCUT2D eigenvalue weighted by atomic mass is 32.2. The fourth-order valence-corrected chi connectivity index (χ4v) is 9.95. The van der Waals surface area contributed by atoms with Gasteiger partial charge in [-0.05, 0) is 65.7 Å². The fourth-order valence-electron chi connectivity index (χ4n) is 9.41. The molecule has 5 amide bonds. The van der Waals surface area contributed by atoms with Gasteiger partial charge in [-0.2, -0.15) is 20.1 Å². The standard InChI is InChI=1S/C56H52N16O6S/c1-4-49(73)60-41-18-12-20-44(28-41)71-50-40(35-68(55(71)74)33-38-14-8-6-9-15-38)30-58-54(64-50)70(46-22-23-48(57-32-46)67-24-26-78-27-25-67)51-47-37-69(34-39-16-10-7-11-17-39)56(75)72(45-21-13-19-42(29-45)65-79(76,77)5-2)52(47)63-53(62-51)61-43-31-59-66(3)36-43/h4-23,28-32,36,65H,1-2,24-27,33-35,37H2,3H3,(H,60,73)(H,61,62,63). The zero-order chi connectivity index (χ0) is 54.6.